The lowest BCUT2D eigenvalue weighted by atomic mass is 10.0. The van der Waals surface area contributed by atoms with Gasteiger partial charge < -0.3 is 15.2 Å². The van der Waals surface area contributed by atoms with Gasteiger partial charge in [0.2, 0.25) is 5.91 Å². The van der Waals surface area contributed by atoms with Crippen LogP contribution in [-0.4, -0.2) is 45.4 Å². The first kappa shape index (κ1) is 19.0. The number of likely N-dealkylation sites (tertiary alicyclic amines) is 1. The summed E-state index contributed by atoms with van der Waals surface area (Å²) in [6, 6.07) is 4.95. The van der Waals surface area contributed by atoms with E-state index in [1.165, 1.54) is 4.57 Å². The molecule has 1 aliphatic rings. The van der Waals surface area contributed by atoms with E-state index in [2.05, 4.69) is 16.9 Å². The molecular formula is C19H22N4O3S. The van der Waals surface area contributed by atoms with Crippen LogP contribution in [0.1, 0.15) is 30.1 Å². The lowest BCUT2D eigenvalue weighted by Crippen LogP contribution is -2.46. The smallest absolute Gasteiger partial charge is 0.262 e. The molecule has 0 radical (unpaired) electrons. The maximum Gasteiger partial charge on any atom is 0.262 e. The van der Waals surface area contributed by atoms with Crippen LogP contribution in [0.3, 0.4) is 0 Å². The van der Waals surface area contributed by atoms with Crippen LogP contribution in [0.5, 0.6) is 0 Å². The zero-order valence-electron chi connectivity index (χ0n) is 15.2. The molecule has 142 valence electrons. The quantitative estimate of drug-likeness (QED) is 0.621. The lowest BCUT2D eigenvalue weighted by Gasteiger charge is -2.31. The van der Waals surface area contributed by atoms with E-state index in [1.54, 1.807) is 36.1 Å². The molecule has 2 amide bonds. The van der Waals surface area contributed by atoms with Gasteiger partial charge in [0.1, 0.15) is 0 Å². The normalized spacial score (nSPS) is 14.9. The van der Waals surface area contributed by atoms with E-state index in [1.807, 2.05) is 0 Å². The summed E-state index contributed by atoms with van der Waals surface area (Å²) >= 11 is 5.23. The van der Waals surface area contributed by atoms with E-state index in [0.29, 0.717) is 40.9 Å². The summed E-state index contributed by atoms with van der Waals surface area (Å²) in [5.74, 6) is -0.139. The summed E-state index contributed by atoms with van der Waals surface area (Å²) < 4.78 is 1.72. The summed E-state index contributed by atoms with van der Waals surface area (Å²) in [5, 5.41) is 3.48. The van der Waals surface area contributed by atoms with Crippen molar-refractivity contribution in [3.05, 3.63) is 51.5 Å². The third-order valence-electron chi connectivity index (χ3n) is 4.83. The molecule has 1 aromatic carbocycles. The minimum Gasteiger partial charge on any atom is -0.349 e. The molecule has 0 aliphatic carbocycles. The number of hydrogen-bond donors (Lipinski definition) is 2. The van der Waals surface area contributed by atoms with Crippen molar-refractivity contribution in [1.82, 2.24) is 19.8 Å². The van der Waals surface area contributed by atoms with Gasteiger partial charge in [-0.25, -0.2) is 0 Å². The monoisotopic (exact) mass is 386 g/mol. The second-order valence-corrected chi connectivity index (χ2v) is 7.04. The fraction of sp³-hybridized carbons (Fsp3) is 0.368. The summed E-state index contributed by atoms with van der Waals surface area (Å²) in [6.07, 6.45) is 3.07. The summed E-state index contributed by atoms with van der Waals surface area (Å²) in [4.78, 5) is 41.3. The predicted octanol–water partition coefficient (Wildman–Crippen LogP) is 1.99. The molecule has 0 bridgehead atoms. The number of aromatic amines is 1. The molecule has 0 atom stereocenters. The Hall–Kier alpha value is -2.74. The van der Waals surface area contributed by atoms with Crippen molar-refractivity contribution >= 4 is 34.9 Å². The van der Waals surface area contributed by atoms with Crippen LogP contribution in [0.15, 0.2) is 35.6 Å². The van der Waals surface area contributed by atoms with Crippen LogP contribution in [0.4, 0.5) is 0 Å². The van der Waals surface area contributed by atoms with E-state index in [0.717, 1.165) is 12.8 Å². The second-order valence-electron chi connectivity index (χ2n) is 6.65. The van der Waals surface area contributed by atoms with Gasteiger partial charge in [-0.2, -0.15) is 0 Å². The topological polar surface area (TPSA) is 87.2 Å². The number of piperidine rings is 1. The molecule has 1 fully saturated rings. The van der Waals surface area contributed by atoms with E-state index >= 15 is 0 Å². The number of amides is 2. The van der Waals surface area contributed by atoms with Gasteiger partial charge in [0, 0.05) is 38.2 Å². The number of rotatable bonds is 4. The van der Waals surface area contributed by atoms with Crippen molar-refractivity contribution in [2.75, 3.05) is 13.1 Å². The van der Waals surface area contributed by atoms with E-state index in [4.69, 9.17) is 12.2 Å². The summed E-state index contributed by atoms with van der Waals surface area (Å²) in [7, 11) is 0. The minimum absolute atomic E-state index is 0.0304. The van der Waals surface area contributed by atoms with E-state index in [9.17, 15) is 14.4 Å². The molecule has 1 saturated heterocycles. The van der Waals surface area contributed by atoms with Gasteiger partial charge >= 0.3 is 0 Å². The van der Waals surface area contributed by atoms with Crippen LogP contribution >= 0.6 is 12.2 Å². The highest BCUT2D eigenvalue weighted by atomic mass is 32.1. The number of nitrogens with zero attached hydrogens (tertiary/aromatic N) is 2. The largest absolute Gasteiger partial charge is 0.349 e. The number of allylic oxidation sites excluding steroid dienone is 1. The third-order valence-corrected chi connectivity index (χ3v) is 5.15. The van der Waals surface area contributed by atoms with Crippen molar-refractivity contribution in [1.29, 1.82) is 0 Å². The lowest BCUT2D eigenvalue weighted by molar-refractivity contribution is -0.129. The first-order valence-corrected chi connectivity index (χ1v) is 9.25. The van der Waals surface area contributed by atoms with Gasteiger partial charge in [-0.3, -0.25) is 19.0 Å². The Morgan fingerprint density at radius 1 is 1.37 bits per heavy atom. The molecular weight excluding hydrogens is 364 g/mol. The molecule has 0 unspecified atom stereocenters. The Balaban J connectivity index is 1.79. The standard InChI is InChI=1S/C19H22N4O3S/c1-3-8-23-18(26)15-5-4-13(11-16(15)21-19(23)27)17(25)20-14-6-9-22(10-7-14)12(2)24/h3-5,11,14H,1,6-10H2,2H3,(H,20,25)(H,21,27). The number of carbonyl (C=O) groups excluding carboxylic acids is 2. The SMILES string of the molecule is C=CCn1c(=S)[nH]c2cc(C(=O)NC3CCN(C(C)=O)CC3)ccc2c1=O. The molecule has 2 heterocycles. The number of nitrogens with one attached hydrogen (secondary N) is 2. The van der Waals surface area contributed by atoms with Crippen molar-refractivity contribution in [2.24, 2.45) is 0 Å². The molecule has 0 spiro atoms. The Morgan fingerprint density at radius 2 is 2.07 bits per heavy atom. The highest BCUT2D eigenvalue weighted by Gasteiger charge is 2.22. The molecule has 3 rings (SSSR count). The summed E-state index contributed by atoms with van der Waals surface area (Å²) in [6.45, 7) is 6.81. The predicted molar refractivity (Wildman–Crippen MR) is 106 cm³/mol. The van der Waals surface area contributed by atoms with Gasteiger partial charge in [0.15, 0.2) is 4.77 Å². The number of carbonyl (C=O) groups is 2. The molecule has 8 heteroatoms. The van der Waals surface area contributed by atoms with Gasteiger partial charge in [-0.1, -0.05) is 6.08 Å². The average molecular weight is 386 g/mol. The number of benzene rings is 1. The van der Waals surface area contributed by atoms with Gasteiger partial charge in [0.25, 0.3) is 11.5 Å². The van der Waals surface area contributed by atoms with Crippen LogP contribution in [-0.2, 0) is 11.3 Å². The minimum atomic E-state index is -0.211. The van der Waals surface area contributed by atoms with Crippen molar-refractivity contribution in [3.63, 3.8) is 0 Å². The van der Waals surface area contributed by atoms with Crippen LogP contribution in [0.25, 0.3) is 10.9 Å². The molecule has 27 heavy (non-hydrogen) atoms. The van der Waals surface area contributed by atoms with Gasteiger partial charge in [-0.05, 0) is 43.3 Å². The first-order chi connectivity index (χ1) is 12.9. The molecule has 1 aliphatic heterocycles. The Kier molecular flexibility index (Phi) is 5.55. The zero-order chi connectivity index (χ0) is 19.6. The third kappa shape index (κ3) is 4.00. The van der Waals surface area contributed by atoms with Gasteiger partial charge in [-0.15, -0.1) is 6.58 Å². The van der Waals surface area contributed by atoms with Crippen molar-refractivity contribution < 1.29 is 9.59 Å². The number of aromatic nitrogens is 2. The maximum absolute atomic E-state index is 12.6. The molecule has 2 aromatic rings. The number of H-pyrrole nitrogens is 1. The zero-order valence-corrected chi connectivity index (χ0v) is 16.0. The molecule has 0 saturated carbocycles. The Labute approximate surface area is 161 Å². The van der Waals surface area contributed by atoms with Gasteiger partial charge in [0.05, 0.1) is 10.9 Å². The van der Waals surface area contributed by atoms with Crippen molar-refractivity contribution in [2.45, 2.75) is 32.4 Å². The van der Waals surface area contributed by atoms with E-state index < -0.39 is 0 Å². The summed E-state index contributed by atoms with van der Waals surface area (Å²) in [5.41, 5.74) is 0.782. The van der Waals surface area contributed by atoms with E-state index in [-0.39, 0.29) is 23.4 Å². The Bertz CT molecular complexity index is 1020. The number of hydrogen-bond acceptors (Lipinski definition) is 4. The molecule has 7 nitrogen and oxygen atoms in total. The highest BCUT2D eigenvalue weighted by Crippen LogP contribution is 2.14. The average Bonchev–Trinajstić information content (AvgIpc) is 2.65. The van der Waals surface area contributed by atoms with Crippen LogP contribution in [0.2, 0.25) is 0 Å². The Morgan fingerprint density at radius 3 is 2.70 bits per heavy atom. The fourth-order valence-electron chi connectivity index (χ4n) is 3.30. The number of fused-ring (bicyclic) bond motifs is 1. The van der Waals surface area contributed by atoms with Crippen LogP contribution < -0.4 is 10.9 Å². The fourth-order valence-corrected chi connectivity index (χ4v) is 3.57. The molecule has 2 N–H and O–H groups in total. The first-order valence-electron chi connectivity index (χ1n) is 8.85. The maximum atomic E-state index is 12.6. The molecule has 1 aromatic heterocycles. The second kappa shape index (κ2) is 7.87. The van der Waals surface area contributed by atoms with Crippen LogP contribution in [0, 0.1) is 4.77 Å². The van der Waals surface area contributed by atoms with Crippen molar-refractivity contribution in [3.8, 4) is 0 Å². The highest BCUT2D eigenvalue weighted by molar-refractivity contribution is 7.71.